The Morgan fingerprint density at radius 2 is 1.61 bits per heavy atom. The molecule has 0 saturated heterocycles. The minimum absolute atomic E-state index is 0.0146. The van der Waals surface area contributed by atoms with Crippen LogP contribution in [0.3, 0.4) is 0 Å². The van der Waals surface area contributed by atoms with Crippen LogP contribution in [0.4, 0.5) is 11.4 Å². The maximum absolute atomic E-state index is 12.3. The lowest BCUT2D eigenvalue weighted by Crippen LogP contribution is -2.31. The molecule has 0 aliphatic carbocycles. The van der Waals surface area contributed by atoms with Crippen molar-refractivity contribution in [1.82, 2.24) is 10.6 Å². The highest BCUT2D eigenvalue weighted by atomic mass is 16.5. The van der Waals surface area contributed by atoms with E-state index in [-0.39, 0.29) is 30.3 Å². The normalized spacial score (nSPS) is 11.3. The van der Waals surface area contributed by atoms with E-state index in [0.717, 1.165) is 6.42 Å². The van der Waals surface area contributed by atoms with Crippen molar-refractivity contribution in [1.29, 1.82) is 0 Å². The molecular formula is C23H30N4O4. The second-order valence-electron chi connectivity index (χ2n) is 7.09. The molecule has 2 aromatic carbocycles. The highest BCUT2D eigenvalue weighted by Crippen LogP contribution is 2.13. The second kappa shape index (κ2) is 12.3. The van der Waals surface area contributed by atoms with Crippen molar-refractivity contribution in [3.05, 3.63) is 59.7 Å². The average molecular weight is 427 g/mol. The molecule has 31 heavy (non-hydrogen) atoms. The third kappa shape index (κ3) is 8.10. The van der Waals surface area contributed by atoms with Crippen molar-refractivity contribution in [2.45, 2.75) is 26.3 Å². The monoisotopic (exact) mass is 426 g/mol. The van der Waals surface area contributed by atoms with Crippen LogP contribution in [0.2, 0.25) is 0 Å². The van der Waals surface area contributed by atoms with Gasteiger partial charge in [-0.3, -0.25) is 14.4 Å². The highest BCUT2D eigenvalue weighted by molar-refractivity contribution is 5.98. The van der Waals surface area contributed by atoms with Crippen LogP contribution in [0.25, 0.3) is 0 Å². The molecule has 0 spiro atoms. The number of anilines is 2. The Labute approximate surface area is 182 Å². The molecule has 0 aliphatic rings. The zero-order chi connectivity index (χ0) is 22.6. The third-order valence-electron chi connectivity index (χ3n) is 4.57. The molecule has 0 saturated carbocycles. The number of amides is 3. The second-order valence-corrected chi connectivity index (χ2v) is 7.09. The first-order valence-electron chi connectivity index (χ1n) is 10.2. The van der Waals surface area contributed by atoms with Gasteiger partial charge in [0.1, 0.15) is 0 Å². The molecule has 0 aliphatic heterocycles. The zero-order valence-electron chi connectivity index (χ0n) is 18.2. The van der Waals surface area contributed by atoms with Crippen LogP contribution in [0.1, 0.15) is 41.0 Å². The Balaban J connectivity index is 1.90. The van der Waals surface area contributed by atoms with Gasteiger partial charge in [-0.15, -0.1) is 0 Å². The number of carbonyl (C=O) groups is 3. The number of rotatable bonds is 11. The number of hydrogen-bond acceptors (Lipinski definition) is 5. The third-order valence-corrected chi connectivity index (χ3v) is 4.57. The standard InChI is InChI=1S/C23H30N4O4/c1-4-16(2)26-23(30)18-8-5-9-19(13-18)25-15-21(28)27-20-10-6-7-17(14-20)22(29)24-11-12-31-3/h5-10,13-14,16,25H,4,11-12,15H2,1-3H3,(H,24,29)(H,26,30)(H,27,28). The molecule has 2 rings (SSSR count). The summed E-state index contributed by atoms with van der Waals surface area (Å²) in [6.07, 6.45) is 0.847. The van der Waals surface area contributed by atoms with Gasteiger partial charge in [0.2, 0.25) is 5.91 Å². The largest absolute Gasteiger partial charge is 0.383 e. The fourth-order valence-electron chi connectivity index (χ4n) is 2.67. The molecule has 2 aromatic rings. The first-order chi connectivity index (χ1) is 14.9. The topological polar surface area (TPSA) is 109 Å². The van der Waals surface area contributed by atoms with Gasteiger partial charge >= 0.3 is 0 Å². The Bertz CT molecular complexity index is 901. The average Bonchev–Trinajstić information content (AvgIpc) is 2.78. The van der Waals surface area contributed by atoms with E-state index in [1.54, 1.807) is 55.6 Å². The molecule has 0 aromatic heterocycles. The van der Waals surface area contributed by atoms with Crippen molar-refractivity contribution in [3.8, 4) is 0 Å². The summed E-state index contributed by atoms with van der Waals surface area (Å²) in [7, 11) is 1.56. The Morgan fingerprint density at radius 3 is 2.29 bits per heavy atom. The minimum Gasteiger partial charge on any atom is -0.383 e. The number of nitrogens with one attached hydrogen (secondary N) is 4. The number of benzene rings is 2. The molecule has 0 heterocycles. The molecule has 0 fully saturated rings. The lowest BCUT2D eigenvalue weighted by molar-refractivity contribution is -0.114. The van der Waals surface area contributed by atoms with E-state index in [0.29, 0.717) is 35.7 Å². The van der Waals surface area contributed by atoms with Gasteiger partial charge in [-0.05, 0) is 49.7 Å². The fraction of sp³-hybridized carbons (Fsp3) is 0.348. The smallest absolute Gasteiger partial charge is 0.251 e. The maximum Gasteiger partial charge on any atom is 0.251 e. The van der Waals surface area contributed by atoms with E-state index in [2.05, 4.69) is 21.3 Å². The van der Waals surface area contributed by atoms with E-state index in [4.69, 9.17) is 4.74 Å². The Hall–Kier alpha value is -3.39. The van der Waals surface area contributed by atoms with Gasteiger partial charge in [0.05, 0.1) is 13.2 Å². The summed E-state index contributed by atoms with van der Waals surface area (Å²) in [6, 6.07) is 13.8. The van der Waals surface area contributed by atoms with Crippen molar-refractivity contribution in [2.24, 2.45) is 0 Å². The Kier molecular flexibility index (Phi) is 9.51. The first-order valence-corrected chi connectivity index (χ1v) is 10.2. The molecule has 8 heteroatoms. The highest BCUT2D eigenvalue weighted by Gasteiger charge is 2.10. The van der Waals surface area contributed by atoms with Crippen molar-refractivity contribution >= 4 is 29.1 Å². The minimum atomic E-state index is -0.272. The molecule has 1 atom stereocenters. The molecular weight excluding hydrogens is 396 g/mol. The summed E-state index contributed by atoms with van der Waals surface area (Å²) in [4.78, 5) is 36.7. The zero-order valence-corrected chi connectivity index (χ0v) is 18.2. The molecule has 3 amide bonds. The lowest BCUT2D eigenvalue weighted by atomic mass is 10.1. The van der Waals surface area contributed by atoms with Crippen LogP contribution >= 0.6 is 0 Å². The molecule has 0 radical (unpaired) electrons. The summed E-state index contributed by atoms with van der Waals surface area (Å²) in [6.45, 7) is 4.80. The fourth-order valence-corrected chi connectivity index (χ4v) is 2.67. The van der Waals surface area contributed by atoms with Gasteiger partial charge in [0.25, 0.3) is 11.8 Å². The van der Waals surface area contributed by atoms with Crippen LogP contribution in [0.15, 0.2) is 48.5 Å². The van der Waals surface area contributed by atoms with Crippen LogP contribution in [-0.2, 0) is 9.53 Å². The summed E-state index contributed by atoms with van der Waals surface area (Å²) in [5.74, 6) is -0.659. The van der Waals surface area contributed by atoms with Crippen LogP contribution in [0, 0.1) is 0 Å². The van der Waals surface area contributed by atoms with Crippen LogP contribution in [-0.4, -0.2) is 50.6 Å². The Morgan fingerprint density at radius 1 is 0.968 bits per heavy atom. The SMILES string of the molecule is CCC(C)NC(=O)c1cccc(NCC(=O)Nc2cccc(C(=O)NCCOC)c2)c1. The molecule has 166 valence electrons. The van der Waals surface area contributed by atoms with Crippen LogP contribution in [0.5, 0.6) is 0 Å². The van der Waals surface area contributed by atoms with E-state index in [9.17, 15) is 14.4 Å². The molecule has 1 unspecified atom stereocenters. The lowest BCUT2D eigenvalue weighted by Gasteiger charge is -2.13. The van der Waals surface area contributed by atoms with Gasteiger partial charge in [-0.2, -0.15) is 0 Å². The van der Waals surface area contributed by atoms with E-state index in [1.807, 2.05) is 13.8 Å². The van der Waals surface area contributed by atoms with Gasteiger partial charge < -0.3 is 26.0 Å². The van der Waals surface area contributed by atoms with Crippen molar-refractivity contribution < 1.29 is 19.1 Å². The van der Waals surface area contributed by atoms with Crippen LogP contribution < -0.4 is 21.3 Å². The van der Waals surface area contributed by atoms with Gasteiger partial charge in [-0.25, -0.2) is 0 Å². The number of ether oxygens (including phenoxy) is 1. The predicted octanol–water partition coefficient (Wildman–Crippen LogP) is 2.64. The van der Waals surface area contributed by atoms with Crippen molar-refractivity contribution in [2.75, 3.05) is 37.4 Å². The number of methoxy groups -OCH3 is 1. The molecule has 0 bridgehead atoms. The summed E-state index contributed by atoms with van der Waals surface area (Å²) in [5, 5.41) is 11.4. The van der Waals surface area contributed by atoms with E-state index >= 15 is 0 Å². The number of hydrogen-bond donors (Lipinski definition) is 4. The molecule has 4 N–H and O–H groups in total. The van der Waals surface area contributed by atoms with Gasteiger partial charge in [0, 0.05) is 42.2 Å². The summed E-state index contributed by atoms with van der Waals surface area (Å²) in [5.41, 5.74) is 2.16. The number of carbonyl (C=O) groups excluding carboxylic acids is 3. The first kappa shape index (κ1) is 23.9. The maximum atomic E-state index is 12.3. The van der Waals surface area contributed by atoms with Crippen molar-refractivity contribution in [3.63, 3.8) is 0 Å². The van der Waals surface area contributed by atoms with Gasteiger partial charge in [0.15, 0.2) is 0 Å². The predicted molar refractivity (Wildman–Crippen MR) is 121 cm³/mol. The summed E-state index contributed by atoms with van der Waals surface area (Å²) < 4.78 is 4.91. The van der Waals surface area contributed by atoms with Gasteiger partial charge in [-0.1, -0.05) is 19.1 Å². The van der Waals surface area contributed by atoms with E-state index < -0.39 is 0 Å². The quantitative estimate of drug-likeness (QED) is 0.413. The summed E-state index contributed by atoms with van der Waals surface area (Å²) >= 11 is 0. The molecule has 8 nitrogen and oxygen atoms in total. The van der Waals surface area contributed by atoms with E-state index in [1.165, 1.54) is 0 Å².